The number of aliphatic carboxylic acids is 1. The summed E-state index contributed by atoms with van der Waals surface area (Å²) in [4.78, 5) is 28.3. The van der Waals surface area contributed by atoms with Crippen molar-refractivity contribution in [3.63, 3.8) is 0 Å². The number of carboxylic acids is 1. The van der Waals surface area contributed by atoms with Crippen LogP contribution >= 0.6 is 0 Å². The van der Waals surface area contributed by atoms with E-state index in [0.29, 0.717) is 36.8 Å². The maximum atomic E-state index is 13.6. The van der Waals surface area contributed by atoms with Gasteiger partial charge in [0.2, 0.25) is 5.91 Å². The molecule has 3 rings (SSSR count). The molecule has 1 saturated carbocycles. The van der Waals surface area contributed by atoms with Crippen LogP contribution in [0.25, 0.3) is 0 Å². The molecule has 6 nitrogen and oxygen atoms in total. The number of carbonyl (C=O) groups excluding carboxylic acids is 1. The first-order valence-corrected chi connectivity index (χ1v) is 17.7. The van der Waals surface area contributed by atoms with Gasteiger partial charge in [-0.1, -0.05) is 63.4 Å². The van der Waals surface area contributed by atoms with Gasteiger partial charge in [-0.2, -0.15) is 0 Å². The number of hydrogen-bond donors (Lipinski definition) is 2. The third-order valence-corrected chi connectivity index (χ3v) is 12.5. The van der Waals surface area contributed by atoms with Crippen LogP contribution in [-0.2, 0) is 20.4 Å². The minimum absolute atomic E-state index is 0.0970. The zero-order valence-electron chi connectivity index (χ0n) is 24.8. The number of amides is 1. The fourth-order valence-corrected chi connectivity index (χ4v) is 7.40. The molecule has 0 bridgehead atoms. The number of carbonyl (C=O) groups is 2. The van der Waals surface area contributed by atoms with E-state index in [-0.39, 0.29) is 23.6 Å². The van der Waals surface area contributed by atoms with Crippen molar-refractivity contribution in [3.05, 3.63) is 35.9 Å². The van der Waals surface area contributed by atoms with Crippen LogP contribution in [0.3, 0.4) is 0 Å². The Bertz CT molecular complexity index is 914. The first-order valence-electron chi connectivity index (χ1n) is 14.8. The van der Waals surface area contributed by atoms with Crippen molar-refractivity contribution in [1.82, 2.24) is 10.2 Å². The number of piperidine rings is 1. The predicted molar refractivity (Wildman–Crippen MR) is 157 cm³/mol. The maximum Gasteiger partial charge on any atom is 0.306 e. The lowest BCUT2D eigenvalue weighted by Crippen LogP contribution is -2.59. The van der Waals surface area contributed by atoms with Crippen LogP contribution in [0.2, 0.25) is 18.6 Å². The molecule has 2 fully saturated rings. The molecule has 7 heteroatoms. The van der Waals surface area contributed by atoms with Gasteiger partial charge in [-0.15, -0.1) is 0 Å². The molecular weight excluding hydrogens is 492 g/mol. The van der Waals surface area contributed by atoms with Gasteiger partial charge in [0.1, 0.15) is 0 Å². The van der Waals surface area contributed by atoms with E-state index in [2.05, 4.69) is 37.2 Å². The molecule has 5 atom stereocenters. The van der Waals surface area contributed by atoms with Crippen LogP contribution in [0, 0.1) is 17.8 Å². The van der Waals surface area contributed by atoms with E-state index < -0.39 is 20.2 Å². The van der Waals surface area contributed by atoms with Crippen molar-refractivity contribution in [1.29, 1.82) is 0 Å². The highest BCUT2D eigenvalue weighted by atomic mass is 28.4. The first kappa shape index (κ1) is 30.8. The normalized spacial score (nSPS) is 24.5. The second kappa shape index (κ2) is 13.1. The van der Waals surface area contributed by atoms with E-state index in [9.17, 15) is 14.7 Å². The van der Waals surface area contributed by atoms with Gasteiger partial charge >= 0.3 is 5.97 Å². The van der Waals surface area contributed by atoms with Crippen molar-refractivity contribution < 1.29 is 19.1 Å². The molecular formula is C31H52N2O4Si. The number of benzene rings is 1. The van der Waals surface area contributed by atoms with Crippen LogP contribution in [0.15, 0.2) is 30.3 Å². The zero-order valence-corrected chi connectivity index (χ0v) is 25.8. The molecule has 0 aromatic heterocycles. The van der Waals surface area contributed by atoms with Gasteiger partial charge in [-0.25, -0.2) is 0 Å². The van der Waals surface area contributed by atoms with Gasteiger partial charge in [-0.05, 0) is 82.5 Å². The molecule has 1 aliphatic heterocycles. The van der Waals surface area contributed by atoms with Crippen LogP contribution in [0.4, 0.5) is 0 Å². The van der Waals surface area contributed by atoms with E-state index in [0.717, 1.165) is 18.5 Å². The molecule has 0 spiro atoms. The molecule has 0 radical (unpaired) electrons. The Morgan fingerprint density at radius 3 is 2.32 bits per heavy atom. The number of hydrogen-bond acceptors (Lipinski definition) is 4. The average molecular weight is 545 g/mol. The van der Waals surface area contributed by atoms with Crippen LogP contribution < -0.4 is 5.32 Å². The van der Waals surface area contributed by atoms with Crippen LogP contribution in [0.1, 0.15) is 78.7 Å². The molecule has 214 valence electrons. The van der Waals surface area contributed by atoms with Gasteiger partial charge in [0.05, 0.1) is 18.1 Å². The van der Waals surface area contributed by atoms with Crippen LogP contribution in [-0.4, -0.2) is 61.0 Å². The number of likely N-dealkylation sites (tertiary alicyclic amines) is 1. The molecule has 38 heavy (non-hydrogen) atoms. The Balaban J connectivity index is 1.86. The number of rotatable bonds is 11. The highest BCUT2D eigenvalue weighted by molar-refractivity contribution is 6.72. The van der Waals surface area contributed by atoms with Gasteiger partial charge in [0.25, 0.3) is 0 Å². The molecule has 2 N–H and O–H groups in total. The average Bonchev–Trinajstić information content (AvgIpc) is 2.82. The standard InChI is InChI=1S/C31H52N2O4Si/c1-22(2)38(6,7)37-27(18-26(30(35)36)17-23-13-9-8-10-14-23)21-33-20-25-16-12-11-15-24(25)19-28(33)29(34)32-31(3,4)5/h8-10,13-14,22,24-28H,11-12,15-21H2,1-7H3,(H,32,34)(H,35,36)/t24-,25+,26+,27-,28-/m0/s1. The summed E-state index contributed by atoms with van der Waals surface area (Å²) >= 11 is 0. The molecule has 0 unspecified atom stereocenters. The van der Waals surface area contributed by atoms with Gasteiger partial charge in [0.15, 0.2) is 8.32 Å². The lowest BCUT2D eigenvalue weighted by atomic mass is 9.72. The summed E-state index contributed by atoms with van der Waals surface area (Å²) < 4.78 is 6.89. The molecule has 2 aliphatic rings. The Labute approximate surface area is 232 Å². The summed E-state index contributed by atoms with van der Waals surface area (Å²) in [6.45, 7) is 16.5. The summed E-state index contributed by atoms with van der Waals surface area (Å²) in [6, 6.07) is 9.69. The summed E-state index contributed by atoms with van der Waals surface area (Å²) in [5.74, 6) is -0.00734. The van der Waals surface area contributed by atoms with Crippen molar-refractivity contribution >= 4 is 20.2 Å². The molecule has 1 saturated heterocycles. The zero-order chi connectivity index (χ0) is 28.1. The second-order valence-electron chi connectivity index (χ2n) is 13.7. The summed E-state index contributed by atoms with van der Waals surface area (Å²) in [5, 5.41) is 13.4. The quantitative estimate of drug-likeness (QED) is 0.328. The molecule has 1 heterocycles. The monoisotopic (exact) mass is 544 g/mol. The number of nitrogens with one attached hydrogen (secondary N) is 1. The van der Waals surface area contributed by atoms with E-state index >= 15 is 0 Å². The third kappa shape index (κ3) is 8.92. The summed E-state index contributed by atoms with van der Waals surface area (Å²) in [5.41, 5.74) is 1.15. The molecule has 1 aromatic carbocycles. The predicted octanol–water partition coefficient (Wildman–Crippen LogP) is 6.12. The molecule has 1 aliphatic carbocycles. The minimum atomic E-state index is -2.06. The topological polar surface area (TPSA) is 78.9 Å². The largest absolute Gasteiger partial charge is 0.481 e. The third-order valence-electron chi connectivity index (χ3n) is 8.82. The smallest absolute Gasteiger partial charge is 0.306 e. The Morgan fingerprint density at radius 1 is 1.11 bits per heavy atom. The van der Waals surface area contributed by atoms with Crippen molar-refractivity contribution in [3.8, 4) is 0 Å². The molecule has 1 amide bonds. The van der Waals surface area contributed by atoms with Gasteiger partial charge < -0.3 is 14.8 Å². The first-order chi connectivity index (χ1) is 17.7. The van der Waals surface area contributed by atoms with Crippen LogP contribution in [0.5, 0.6) is 0 Å². The lowest BCUT2D eigenvalue weighted by Gasteiger charge is -2.47. The number of carboxylic acid groups (broad SMARTS) is 1. The fraction of sp³-hybridized carbons (Fsp3) is 0.742. The molecule has 1 aromatic rings. The Morgan fingerprint density at radius 2 is 1.74 bits per heavy atom. The Hall–Kier alpha value is -1.70. The van der Waals surface area contributed by atoms with E-state index in [4.69, 9.17) is 4.43 Å². The SMILES string of the molecule is CC(C)[Si](C)(C)O[C@@H](C[C@@H](Cc1ccccc1)C(=O)O)CN1C[C@H]2CCCC[C@H]2C[C@H]1C(=O)NC(C)(C)C. The summed E-state index contributed by atoms with van der Waals surface area (Å²) in [6.07, 6.45) is 6.55. The van der Waals surface area contributed by atoms with E-state index in [1.807, 2.05) is 51.1 Å². The van der Waals surface area contributed by atoms with E-state index in [1.165, 1.54) is 25.7 Å². The summed E-state index contributed by atoms with van der Waals surface area (Å²) in [7, 11) is -2.06. The minimum Gasteiger partial charge on any atom is -0.481 e. The highest BCUT2D eigenvalue weighted by Crippen LogP contribution is 2.39. The number of nitrogens with zero attached hydrogens (tertiary/aromatic N) is 1. The van der Waals surface area contributed by atoms with Gasteiger partial charge in [0, 0.05) is 18.6 Å². The fourth-order valence-electron chi connectivity index (χ4n) is 6.10. The van der Waals surface area contributed by atoms with Crippen molar-refractivity contribution in [2.45, 2.75) is 116 Å². The Kier molecular flexibility index (Phi) is 10.6. The van der Waals surface area contributed by atoms with Crippen molar-refractivity contribution in [2.75, 3.05) is 13.1 Å². The van der Waals surface area contributed by atoms with Gasteiger partial charge in [-0.3, -0.25) is 14.5 Å². The van der Waals surface area contributed by atoms with Crippen molar-refractivity contribution in [2.24, 2.45) is 17.8 Å². The lowest BCUT2D eigenvalue weighted by molar-refractivity contribution is -0.143. The second-order valence-corrected chi connectivity index (χ2v) is 18.3. The maximum absolute atomic E-state index is 13.6. The highest BCUT2D eigenvalue weighted by Gasteiger charge is 2.42. The van der Waals surface area contributed by atoms with E-state index in [1.54, 1.807) is 0 Å². The number of fused-ring (bicyclic) bond motifs is 1.